The topological polar surface area (TPSA) is 38.4 Å². The number of hydrogen-bond acceptors (Lipinski definition) is 2. The van der Waals surface area contributed by atoms with Crippen LogP contribution in [0.2, 0.25) is 5.02 Å². The Hall–Kier alpha value is -1.66. The van der Waals surface area contributed by atoms with Gasteiger partial charge in [-0.2, -0.15) is 13.2 Å². The standard InChI is InChI=1S/C15H12ClF3N2S/c16-12-7-3-1-5-10(12)9-22-14(20)21-13-8-4-2-6-11(13)15(17,18)19/h1-8H,9H2,(H2,20,21). The van der Waals surface area contributed by atoms with Crippen LogP contribution in [0.15, 0.2) is 53.5 Å². The summed E-state index contributed by atoms with van der Waals surface area (Å²) in [6.45, 7) is 0. The average molecular weight is 345 g/mol. The molecule has 0 aliphatic heterocycles. The monoisotopic (exact) mass is 344 g/mol. The van der Waals surface area contributed by atoms with Gasteiger partial charge in [-0.15, -0.1) is 0 Å². The van der Waals surface area contributed by atoms with Crippen LogP contribution in [0.4, 0.5) is 18.9 Å². The highest BCUT2D eigenvalue weighted by Crippen LogP contribution is 2.36. The molecule has 7 heteroatoms. The maximum atomic E-state index is 12.9. The molecule has 0 heterocycles. The molecule has 0 aliphatic rings. The second-order valence-electron chi connectivity index (χ2n) is 4.35. The van der Waals surface area contributed by atoms with Crippen LogP contribution < -0.4 is 5.73 Å². The van der Waals surface area contributed by atoms with Gasteiger partial charge < -0.3 is 5.73 Å². The Balaban J connectivity index is 2.15. The van der Waals surface area contributed by atoms with Gasteiger partial charge in [0, 0.05) is 10.8 Å². The van der Waals surface area contributed by atoms with Crippen LogP contribution in [0.5, 0.6) is 0 Å². The number of halogens is 4. The second-order valence-corrected chi connectivity index (χ2v) is 5.75. The van der Waals surface area contributed by atoms with Gasteiger partial charge in [-0.3, -0.25) is 0 Å². The van der Waals surface area contributed by atoms with Gasteiger partial charge in [0.05, 0.1) is 11.3 Å². The number of para-hydroxylation sites is 1. The maximum Gasteiger partial charge on any atom is 0.418 e. The van der Waals surface area contributed by atoms with Gasteiger partial charge in [-0.25, -0.2) is 4.99 Å². The Labute approximate surface area is 135 Å². The third-order valence-corrected chi connectivity index (χ3v) is 3.98. The molecule has 22 heavy (non-hydrogen) atoms. The number of aliphatic imine (C=N–C) groups is 1. The van der Waals surface area contributed by atoms with Crippen LogP contribution >= 0.6 is 23.4 Å². The van der Waals surface area contributed by atoms with Crippen molar-refractivity contribution >= 4 is 34.2 Å². The van der Waals surface area contributed by atoms with Crippen LogP contribution in [0.3, 0.4) is 0 Å². The third-order valence-electron chi connectivity index (χ3n) is 2.77. The Kier molecular flexibility index (Phi) is 5.37. The Bertz CT molecular complexity index is 686. The molecule has 0 saturated carbocycles. The fourth-order valence-corrected chi connectivity index (χ4v) is 2.73. The number of amidine groups is 1. The van der Waals surface area contributed by atoms with E-state index in [4.69, 9.17) is 17.3 Å². The first-order chi connectivity index (χ1) is 10.4. The van der Waals surface area contributed by atoms with Gasteiger partial charge in [-0.1, -0.05) is 53.7 Å². The van der Waals surface area contributed by atoms with E-state index in [1.165, 1.54) is 18.2 Å². The molecule has 2 aromatic carbocycles. The average Bonchev–Trinajstić information content (AvgIpc) is 2.46. The smallest absolute Gasteiger partial charge is 0.378 e. The molecule has 0 atom stereocenters. The van der Waals surface area contributed by atoms with E-state index in [1.54, 1.807) is 12.1 Å². The summed E-state index contributed by atoms with van der Waals surface area (Å²) < 4.78 is 38.6. The summed E-state index contributed by atoms with van der Waals surface area (Å²) in [5.74, 6) is 0.434. The van der Waals surface area contributed by atoms with Gasteiger partial charge in [0.1, 0.15) is 0 Å². The molecule has 0 bridgehead atoms. The van der Waals surface area contributed by atoms with Crippen molar-refractivity contribution in [1.29, 1.82) is 0 Å². The summed E-state index contributed by atoms with van der Waals surface area (Å²) in [7, 11) is 0. The molecule has 2 nitrogen and oxygen atoms in total. The molecule has 0 aromatic heterocycles. The number of alkyl halides is 3. The van der Waals surface area contributed by atoms with E-state index in [0.29, 0.717) is 10.8 Å². The minimum absolute atomic E-state index is 0.0524. The lowest BCUT2D eigenvalue weighted by molar-refractivity contribution is -0.137. The molecule has 0 radical (unpaired) electrons. The first-order valence-electron chi connectivity index (χ1n) is 6.24. The summed E-state index contributed by atoms with van der Waals surface area (Å²) in [6, 6.07) is 12.3. The largest absolute Gasteiger partial charge is 0.418 e. The molecular formula is C15H12ClF3N2S. The summed E-state index contributed by atoms with van der Waals surface area (Å²) in [5, 5.41) is 0.634. The molecule has 0 saturated heterocycles. The van der Waals surface area contributed by atoms with Crippen molar-refractivity contribution in [1.82, 2.24) is 0 Å². The Morgan fingerprint density at radius 2 is 1.73 bits per heavy atom. The number of nitrogens with two attached hydrogens (primary N) is 1. The minimum Gasteiger partial charge on any atom is -0.378 e. The summed E-state index contributed by atoms with van der Waals surface area (Å²) in [6.07, 6.45) is -4.46. The van der Waals surface area contributed by atoms with E-state index in [9.17, 15) is 13.2 Å². The number of nitrogens with zero attached hydrogens (tertiary/aromatic N) is 1. The SMILES string of the molecule is NC(=Nc1ccccc1C(F)(F)F)SCc1ccccc1Cl. The highest BCUT2D eigenvalue weighted by atomic mass is 35.5. The van der Waals surface area contributed by atoms with Crippen LogP contribution in [0.1, 0.15) is 11.1 Å². The zero-order chi connectivity index (χ0) is 16.2. The molecule has 0 spiro atoms. The highest BCUT2D eigenvalue weighted by molar-refractivity contribution is 8.13. The van der Waals surface area contributed by atoms with Crippen molar-refractivity contribution in [3.8, 4) is 0 Å². The zero-order valence-corrected chi connectivity index (χ0v) is 12.8. The molecule has 2 rings (SSSR count). The number of thioether (sulfide) groups is 1. The molecule has 0 amide bonds. The van der Waals surface area contributed by atoms with Crippen molar-refractivity contribution in [2.45, 2.75) is 11.9 Å². The lowest BCUT2D eigenvalue weighted by Gasteiger charge is -2.10. The van der Waals surface area contributed by atoms with Crippen LogP contribution in [-0.4, -0.2) is 5.17 Å². The van der Waals surface area contributed by atoms with E-state index in [1.807, 2.05) is 12.1 Å². The van der Waals surface area contributed by atoms with E-state index in [0.717, 1.165) is 23.4 Å². The molecule has 0 unspecified atom stereocenters. The maximum absolute atomic E-state index is 12.9. The van der Waals surface area contributed by atoms with Crippen LogP contribution in [-0.2, 0) is 11.9 Å². The van der Waals surface area contributed by atoms with Crippen molar-refractivity contribution in [2.24, 2.45) is 10.7 Å². The van der Waals surface area contributed by atoms with Gasteiger partial charge in [0.25, 0.3) is 0 Å². The van der Waals surface area contributed by atoms with Gasteiger partial charge in [0.15, 0.2) is 5.17 Å². The number of benzene rings is 2. The normalized spacial score (nSPS) is 12.5. The van der Waals surface area contributed by atoms with E-state index in [-0.39, 0.29) is 10.9 Å². The first-order valence-corrected chi connectivity index (χ1v) is 7.61. The van der Waals surface area contributed by atoms with Gasteiger partial charge in [-0.05, 0) is 23.8 Å². The summed E-state index contributed by atoms with van der Waals surface area (Å²) in [4.78, 5) is 3.86. The van der Waals surface area contributed by atoms with E-state index < -0.39 is 11.7 Å². The van der Waals surface area contributed by atoms with Crippen molar-refractivity contribution in [2.75, 3.05) is 0 Å². The lowest BCUT2D eigenvalue weighted by atomic mass is 10.2. The highest BCUT2D eigenvalue weighted by Gasteiger charge is 2.33. The molecule has 0 aliphatic carbocycles. The zero-order valence-electron chi connectivity index (χ0n) is 11.3. The lowest BCUT2D eigenvalue weighted by Crippen LogP contribution is -2.09. The quantitative estimate of drug-likeness (QED) is 0.611. The Morgan fingerprint density at radius 1 is 1.09 bits per heavy atom. The van der Waals surface area contributed by atoms with Crippen molar-refractivity contribution < 1.29 is 13.2 Å². The molecular weight excluding hydrogens is 333 g/mol. The van der Waals surface area contributed by atoms with Crippen molar-refractivity contribution in [3.05, 3.63) is 64.7 Å². The predicted octanol–water partition coefficient (Wildman–Crippen LogP) is 5.24. The summed E-state index contributed by atoms with van der Waals surface area (Å²) >= 11 is 7.14. The van der Waals surface area contributed by atoms with Gasteiger partial charge >= 0.3 is 6.18 Å². The fourth-order valence-electron chi connectivity index (χ4n) is 1.73. The summed E-state index contributed by atoms with van der Waals surface area (Å²) in [5.41, 5.74) is 5.56. The molecule has 2 N–H and O–H groups in total. The first kappa shape index (κ1) is 16.7. The molecule has 116 valence electrons. The second kappa shape index (κ2) is 7.07. The number of rotatable bonds is 3. The van der Waals surface area contributed by atoms with E-state index in [2.05, 4.69) is 4.99 Å². The minimum atomic E-state index is -4.46. The van der Waals surface area contributed by atoms with Crippen LogP contribution in [0.25, 0.3) is 0 Å². The number of hydrogen-bond donors (Lipinski definition) is 1. The third kappa shape index (κ3) is 4.42. The Morgan fingerprint density at radius 3 is 2.41 bits per heavy atom. The molecule has 0 fully saturated rings. The van der Waals surface area contributed by atoms with E-state index >= 15 is 0 Å². The molecule has 2 aromatic rings. The fraction of sp³-hybridized carbons (Fsp3) is 0.133. The van der Waals surface area contributed by atoms with Gasteiger partial charge in [0.2, 0.25) is 0 Å². The predicted molar refractivity (Wildman–Crippen MR) is 85.5 cm³/mol. The van der Waals surface area contributed by atoms with Crippen LogP contribution in [0, 0.1) is 0 Å². The van der Waals surface area contributed by atoms with Crippen molar-refractivity contribution in [3.63, 3.8) is 0 Å².